The molecule has 0 spiro atoms. The molecule has 0 unspecified atom stereocenters. The summed E-state index contributed by atoms with van der Waals surface area (Å²) in [6.07, 6.45) is 3.96. The molecular weight excluding hydrogens is 408 g/mol. The number of aromatic amines is 1. The number of likely N-dealkylation sites (tertiary alicyclic amines) is 1. The molecule has 2 aromatic heterocycles. The van der Waals surface area contributed by atoms with Crippen molar-refractivity contribution in [1.29, 1.82) is 0 Å². The van der Waals surface area contributed by atoms with Gasteiger partial charge >= 0.3 is 0 Å². The van der Waals surface area contributed by atoms with Gasteiger partial charge in [-0.2, -0.15) is 0 Å². The lowest BCUT2D eigenvalue weighted by Crippen LogP contribution is -2.27. The largest absolute Gasteiger partial charge is 0.357 e. The quantitative estimate of drug-likeness (QED) is 0.586. The number of anilines is 1. The highest BCUT2D eigenvalue weighted by Crippen LogP contribution is 2.32. The number of nitrogens with zero attached hydrogens (tertiary/aromatic N) is 2. The third-order valence-electron chi connectivity index (χ3n) is 4.99. The van der Waals surface area contributed by atoms with E-state index in [9.17, 15) is 9.59 Å². The molecule has 0 atom stereocenters. The first kappa shape index (κ1) is 19.7. The zero-order valence-corrected chi connectivity index (χ0v) is 17.6. The summed E-state index contributed by atoms with van der Waals surface area (Å²) >= 11 is 7.12. The van der Waals surface area contributed by atoms with Crippen molar-refractivity contribution in [3.8, 4) is 21.8 Å². The number of aryl methyl sites for hydroxylation is 1. The predicted octanol–water partition coefficient (Wildman–Crippen LogP) is 4.53. The van der Waals surface area contributed by atoms with Gasteiger partial charge in [0.05, 0.1) is 5.69 Å². The highest BCUT2D eigenvalue weighted by molar-refractivity contribution is 7.13. The fourth-order valence-electron chi connectivity index (χ4n) is 3.37. The standard InChI is InChI=1S/C21H21ClN4O2S/c1-13-4-5-14(8-16(13)24-19(27)10-22)20-25-18(12-29-20)15-9-17(23-11-15)21(28)26-6-2-3-7-26/h4-5,8-9,11-12,23H,2-3,6-7,10H2,1H3,(H,24,27). The van der Waals surface area contributed by atoms with Crippen LogP contribution < -0.4 is 5.32 Å². The van der Waals surface area contributed by atoms with Gasteiger partial charge in [-0.05, 0) is 37.5 Å². The highest BCUT2D eigenvalue weighted by Gasteiger charge is 2.21. The van der Waals surface area contributed by atoms with Gasteiger partial charge in [0.15, 0.2) is 0 Å². The van der Waals surface area contributed by atoms with Crippen molar-refractivity contribution in [3.05, 3.63) is 47.1 Å². The summed E-state index contributed by atoms with van der Waals surface area (Å²) in [5.41, 5.74) is 4.90. The molecule has 0 radical (unpaired) electrons. The number of amides is 2. The first-order valence-corrected chi connectivity index (χ1v) is 10.9. The molecule has 0 saturated carbocycles. The van der Waals surface area contributed by atoms with E-state index in [2.05, 4.69) is 10.3 Å². The summed E-state index contributed by atoms with van der Waals surface area (Å²) in [7, 11) is 0. The molecule has 4 rings (SSSR count). The maximum Gasteiger partial charge on any atom is 0.270 e. The molecule has 1 aliphatic rings. The molecular formula is C21H21ClN4O2S. The van der Waals surface area contributed by atoms with Gasteiger partial charge in [-0.25, -0.2) is 4.98 Å². The highest BCUT2D eigenvalue weighted by atomic mass is 35.5. The number of carbonyl (C=O) groups is 2. The zero-order chi connectivity index (χ0) is 20.4. The lowest BCUT2D eigenvalue weighted by molar-refractivity contribution is -0.113. The van der Waals surface area contributed by atoms with Gasteiger partial charge in [-0.1, -0.05) is 12.1 Å². The van der Waals surface area contributed by atoms with Gasteiger partial charge < -0.3 is 15.2 Å². The van der Waals surface area contributed by atoms with Gasteiger partial charge in [0.2, 0.25) is 5.91 Å². The number of H-pyrrole nitrogens is 1. The van der Waals surface area contributed by atoms with E-state index in [1.165, 1.54) is 11.3 Å². The molecule has 8 heteroatoms. The molecule has 1 aromatic carbocycles. The van der Waals surface area contributed by atoms with Crippen molar-refractivity contribution in [3.63, 3.8) is 0 Å². The number of thiazole rings is 1. The summed E-state index contributed by atoms with van der Waals surface area (Å²) in [5, 5.41) is 5.62. The van der Waals surface area contributed by atoms with Crippen LogP contribution in [0.3, 0.4) is 0 Å². The normalized spacial score (nSPS) is 13.7. The molecule has 0 bridgehead atoms. The minimum atomic E-state index is -0.241. The number of halogens is 1. The van der Waals surface area contributed by atoms with Crippen molar-refractivity contribution < 1.29 is 9.59 Å². The Hall–Kier alpha value is -2.64. The summed E-state index contributed by atoms with van der Waals surface area (Å²) in [6.45, 7) is 3.58. The average molecular weight is 429 g/mol. The van der Waals surface area contributed by atoms with Gasteiger partial charge in [-0.3, -0.25) is 9.59 Å². The van der Waals surface area contributed by atoms with Crippen molar-refractivity contribution >= 4 is 40.4 Å². The molecule has 3 aromatic rings. The van der Waals surface area contributed by atoms with Crippen LogP contribution in [0.25, 0.3) is 21.8 Å². The molecule has 1 aliphatic heterocycles. The minimum absolute atomic E-state index is 0.0439. The molecule has 29 heavy (non-hydrogen) atoms. The number of hydrogen-bond donors (Lipinski definition) is 2. The SMILES string of the molecule is Cc1ccc(-c2nc(-c3c[nH]c(C(=O)N4CCCC4)c3)cs2)cc1NC(=O)CCl. The number of rotatable bonds is 5. The first-order chi connectivity index (χ1) is 14.0. The van der Waals surface area contributed by atoms with Crippen molar-refractivity contribution in [1.82, 2.24) is 14.9 Å². The van der Waals surface area contributed by atoms with Crippen LogP contribution in [0, 0.1) is 6.92 Å². The van der Waals surface area contributed by atoms with E-state index < -0.39 is 0 Å². The van der Waals surface area contributed by atoms with Crippen molar-refractivity contribution in [2.75, 3.05) is 24.3 Å². The molecule has 1 fully saturated rings. The Labute approximate surface area is 177 Å². The van der Waals surface area contributed by atoms with E-state index in [1.54, 1.807) is 0 Å². The van der Waals surface area contributed by atoms with Crippen LogP contribution in [0.4, 0.5) is 5.69 Å². The third-order valence-corrected chi connectivity index (χ3v) is 6.12. The molecule has 150 valence electrons. The molecule has 6 nitrogen and oxygen atoms in total. The lowest BCUT2D eigenvalue weighted by atomic mass is 10.1. The summed E-state index contributed by atoms with van der Waals surface area (Å²) in [6, 6.07) is 7.69. The van der Waals surface area contributed by atoms with Crippen LogP contribution in [-0.4, -0.2) is 45.7 Å². The number of aromatic nitrogens is 2. The Morgan fingerprint density at radius 2 is 2.03 bits per heavy atom. The fraction of sp³-hybridized carbons (Fsp3) is 0.286. The fourth-order valence-corrected chi connectivity index (χ4v) is 4.26. The number of nitrogens with one attached hydrogen (secondary N) is 2. The van der Waals surface area contributed by atoms with Crippen LogP contribution in [-0.2, 0) is 4.79 Å². The number of hydrogen-bond acceptors (Lipinski definition) is 4. The van der Waals surface area contributed by atoms with E-state index in [0.717, 1.165) is 59.0 Å². The molecule has 1 saturated heterocycles. The second kappa shape index (κ2) is 8.39. The lowest BCUT2D eigenvalue weighted by Gasteiger charge is -2.13. The van der Waals surface area contributed by atoms with Crippen LogP contribution in [0.5, 0.6) is 0 Å². The number of alkyl halides is 1. The predicted molar refractivity (Wildman–Crippen MR) is 117 cm³/mol. The van der Waals surface area contributed by atoms with E-state index >= 15 is 0 Å². The third kappa shape index (κ3) is 4.21. The Bertz CT molecular complexity index is 1050. The monoisotopic (exact) mass is 428 g/mol. The van der Waals surface area contributed by atoms with Gasteiger partial charge in [0.1, 0.15) is 16.6 Å². The maximum absolute atomic E-state index is 12.5. The number of benzene rings is 1. The number of carbonyl (C=O) groups excluding carboxylic acids is 2. The molecule has 2 amide bonds. The van der Waals surface area contributed by atoms with Crippen LogP contribution >= 0.6 is 22.9 Å². The van der Waals surface area contributed by atoms with Crippen LogP contribution in [0.2, 0.25) is 0 Å². The zero-order valence-electron chi connectivity index (χ0n) is 16.0. The molecule has 0 aliphatic carbocycles. The van der Waals surface area contributed by atoms with E-state index in [0.29, 0.717) is 5.69 Å². The van der Waals surface area contributed by atoms with Crippen LogP contribution in [0.1, 0.15) is 28.9 Å². The Morgan fingerprint density at radius 3 is 2.79 bits per heavy atom. The van der Waals surface area contributed by atoms with Crippen molar-refractivity contribution in [2.45, 2.75) is 19.8 Å². The minimum Gasteiger partial charge on any atom is -0.357 e. The van der Waals surface area contributed by atoms with E-state index in [1.807, 2.05) is 47.7 Å². The molecule has 3 heterocycles. The maximum atomic E-state index is 12.5. The van der Waals surface area contributed by atoms with Crippen molar-refractivity contribution in [2.24, 2.45) is 0 Å². The summed E-state index contributed by atoms with van der Waals surface area (Å²) in [4.78, 5) is 33.9. The van der Waals surface area contributed by atoms with Gasteiger partial charge in [0, 0.05) is 41.5 Å². The summed E-state index contributed by atoms with van der Waals surface area (Å²) < 4.78 is 0. The summed E-state index contributed by atoms with van der Waals surface area (Å²) in [5.74, 6) is -0.284. The first-order valence-electron chi connectivity index (χ1n) is 9.45. The van der Waals surface area contributed by atoms with E-state index in [-0.39, 0.29) is 17.7 Å². The second-order valence-corrected chi connectivity index (χ2v) is 8.18. The van der Waals surface area contributed by atoms with E-state index in [4.69, 9.17) is 16.6 Å². The Kier molecular flexibility index (Phi) is 5.69. The van der Waals surface area contributed by atoms with Gasteiger partial charge in [-0.15, -0.1) is 22.9 Å². The van der Waals surface area contributed by atoms with Gasteiger partial charge in [0.25, 0.3) is 5.91 Å². The second-order valence-electron chi connectivity index (χ2n) is 7.05. The smallest absolute Gasteiger partial charge is 0.270 e. The average Bonchev–Trinajstić information content (AvgIpc) is 3.49. The van der Waals surface area contributed by atoms with Crippen LogP contribution in [0.15, 0.2) is 35.8 Å². The Balaban J connectivity index is 1.55. The Morgan fingerprint density at radius 1 is 1.24 bits per heavy atom. The molecule has 2 N–H and O–H groups in total. The topological polar surface area (TPSA) is 78.1 Å².